The Morgan fingerprint density at radius 2 is 1.81 bits per heavy atom. The standard InChI is InChI=1S/C20H22N2O3S/c23-20(21-19-11-10-15-6-1-2-9-18(15)19)16-7-5-8-17(14-16)26(24,25)22-12-3-4-13-22/h1-2,5-9,14,19H,3-4,10-13H2,(H,21,23)/t19-/m0/s1. The molecule has 1 heterocycles. The average Bonchev–Trinajstić information content (AvgIpc) is 3.33. The highest BCUT2D eigenvalue weighted by Crippen LogP contribution is 2.31. The summed E-state index contributed by atoms with van der Waals surface area (Å²) in [6, 6.07) is 14.5. The van der Waals surface area contributed by atoms with E-state index in [0.717, 1.165) is 31.2 Å². The van der Waals surface area contributed by atoms with Crippen LogP contribution in [0.4, 0.5) is 0 Å². The van der Waals surface area contributed by atoms with Gasteiger partial charge in [-0.25, -0.2) is 8.42 Å². The van der Waals surface area contributed by atoms with Crippen LogP contribution >= 0.6 is 0 Å². The summed E-state index contributed by atoms with van der Waals surface area (Å²) in [7, 11) is -3.52. The first kappa shape index (κ1) is 17.2. The molecule has 2 aromatic carbocycles. The van der Waals surface area contributed by atoms with Crippen molar-refractivity contribution in [1.29, 1.82) is 0 Å². The Hall–Kier alpha value is -2.18. The van der Waals surface area contributed by atoms with Crippen molar-refractivity contribution in [3.8, 4) is 0 Å². The predicted octanol–water partition coefficient (Wildman–Crippen LogP) is 2.89. The molecule has 2 aromatic rings. The van der Waals surface area contributed by atoms with Gasteiger partial charge in [-0.1, -0.05) is 30.3 Å². The molecule has 0 bridgehead atoms. The Kier molecular flexibility index (Phi) is 4.54. The van der Waals surface area contributed by atoms with E-state index in [0.29, 0.717) is 18.7 Å². The van der Waals surface area contributed by atoms with E-state index in [1.807, 2.05) is 18.2 Å². The Labute approximate surface area is 154 Å². The highest BCUT2D eigenvalue weighted by Gasteiger charge is 2.28. The molecular weight excluding hydrogens is 348 g/mol. The Morgan fingerprint density at radius 3 is 2.62 bits per heavy atom. The summed E-state index contributed by atoms with van der Waals surface area (Å²) in [4.78, 5) is 12.9. The first-order chi connectivity index (χ1) is 12.6. The van der Waals surface area contributed by atoms with Gasteiger partial charge in [0.2, 0.25) is 10.0 Å². The molecule has 26 heavy (non-hydrogen) atoms. The van der Waals surface area contributed by atoms with Crippen LogP contribution in [0.25, 0.3) is 0 Å². The van der Waals surface area contributed by atoms with Crippen LogP contribution in [-0.4, -0.2) is 31.7 Å². The van der Waals surface area contributed by atoms with Gasteiger partial charge < -0.3 is 5.32 Å². The van der Waals surface area contributed by atoms with E-state index in [1.54, 1.807) is 18.2 Å². The molecular formula is C20H22N2O3S. The molecule has 1 aliphatic heterocycles. The van der Waals surface area contributed by atoms with Crippen molar-refractivity contribution in [1.82, 2.24) is 9.62 Å². The molecule has 136 valence electrons. The number of hydrogen-bond acceptors (Lipinski definition) is 3. The molecule has 0 saturated carbocycles. The highest BCUT2D eigenvalue weighted by molar-refractivity contribution is 7.89. The minimum absolute atomic E-state index is 0.0162. The number of rotatable bonds is 4. The second-order valence-electron chi connectivity index (χ2n) is 6.90. The molecule has 2 aliphatic rings. The van der Waals surface area contributed by atoms with Crippen molar-refractivity contribution in [2.75, 3.05) is 13.1 Å². The average molecular weight is 370 g/mol. The van der Waals surface area contributed by atoms with Crippen LogP contribution < -0.4 is 5.32 Å². The smallest absolute Gasteiger partial charge is 0.251 e. The van der Waals surface area contributed by atoms with Crippen molar-refractivity contribution in [2.24, 2.45) is 0 Å². The number of sulfonamides is 1. The lowest BCUT2D eigenvalue weighted by Gasteiger charge is -2.17. The van der Waals surface area contributed by atoms with Crippen LogP contribution in [0.2, 0.25) is 0 Å². The second kappa shape index (κ2) is 6.85. The van der Waals surface area contributed by atoms with Crippen molar-refractivity contribution in [3.05, 3.63) is 65.2 Å². The van der Waals surface area contributed by atoms with Gasteiger partial charge in [-0.05, 0) is 55.0 Å². The molecule has 0 unspecified atom stereocenters. The number of nitrogens with zero attached hydrogens (tertiary/aromatic N) is 1. The van der Waals surface area contributed by atoms with Crippen LogP contribution in [0.15, 0.2) is 53.4 Å². The fourth-order valence-electron chi connectivity index (χ4n) is 3.82. The van der Waals surface area contributed by atoms with Gasteiger partial charge in [0.05, 0.1) is 10.9 Å². The van der Waals surface area contributed by atoms with Gasteiger partial charge in [0.15, 0.2) is 0 Å². The van der Waals surface area contributed by atoms with Gasteiger partial charge >= 0.3 is 0 Å². The molecule has 0 aromatic heterocycles. The van der Waals surface area contributed by atoms with E-state index in [-0.39, 0.29) is 16.8 Å². The molecule has 5 nitrogen and oxygen atoms in total. The van der Waals surface area contributed by atoms with Gasteiger partial charge in [-0.3, -0.25) is 4.79 Å². The number of carbonyl (C=O) groups is 1. The number of nitrogens with one attached hydrogen (secondary N) is 1. The maximum atomic E-state index is 12.7. The zero-order chi connectivity index (χ0) is 18.1. The molecule has 1 amide bonds. The minimum Gasteiger partial charge on any atom is -0.345 e. The van der Waals surface area contributed by atoms with Crippen LogP contribution in [0.5, 0.6) is 0 Å². The Bertz CT molecular complexity index is 934. The number of hydrogen-bond donors (Lipinski definition) is 1. The summed E-state index contributed by atoms with van der Waals surface area (Å²) in [6.07, 6.45) is 3.60. The first-order valence-corrected chi connectivity index (χ1v) is 10.5. The second-order valence-corrected chi connectivity index (χ2v) is 8.84. The topological polar surface area (TPSA) is 66.5 Å². The first-order valence-electron chi connectivity index (χ1n) is 9.04. The maximum absolute atomic E-state index is 12.7. The fourth-order valence-corrected chi connectivity index (χ4v) is 5.39. The molecule has 1 fully saturated rings. The molecule has 1 saturated heterocycles. The Morgan fingerprint density at radius 1 is 1.04 bits per heavy atom. The largest absolute Gasteiger partial charge is 0.345 e. The van der Waals surface area contributed by atoms with Crippen LogP contribution in [0.3, 0.4) is 0 Å². The number of aryl methyl sites for hydroxylation is 1. The van der Waals surface area contributed by atoms with Crippen LogP contribution in [-0.2, 0) is 16.4 Å². The third-order valence-electron chi connectivity index (χ3n) is 5.24. The van der Waals surface area contributed by atoms with Crippen molar-refractivity contribution in [2.45, 2.75) is 36.6 Å². The van der Waals surface area contributed by atoms with Crippen molar-refractivity contribution >= 4 is 15.9 Å². The molecule has 0 spiro atoms. The lowest BCUT2D eigenvalue weighted by molar-refractivity contribution is 0.0936. The van der Waals surface area contributed by atoms with E-state index < -0.39 is 10.0 Å². The zero-order valence-corrected chi connectivity index (χ0v) is 15.3. The van der Waals surface area contributed by atoms with E-state index >= 15 is 0 Å². The van der Waals surface area contributed by atoms with Gasteiger partial charge in [-0.2, -0.15) is 4.31 Å². The van der Waals surface area contributed by atoms with Gasteiger partial charge in [-0.15, -0.1) is 0 Å². The predicted molar refractivity (Wildman–Crippen MR) is 99.4 cm³/mol. The van der Waals surface area contributed by atoms with Gasteiger partial charge in [0.1, 0.15) is 0 Å². The molecule has 6 heteroatoms. The summed E-state index contributed by atoms with van der Waals surface area (Å²) in [5.41, 5.74) is 2.81. The maximum Gasteiger partial charge on any atom is 0.251 e. The summed E-state index contributed by atoms with van der Waals surface area (Å²) in [5.74, 6) is -0.231. The van der Waals surface area contributed by atoms with E-state index in [4.69, 9.17) is 0 Å². The molecule has 0 radical (unpaired) electrons. The molecule has 1 aliphatic carbocycles. The lowest BCUT2D eigenvalue weighted by atomic mass is 10.1. The summed E-state index contributed by atoms with van der Waals surface area (Å²) in [5, 5.41) is 3.05. The van der Waals surface area contributed by atoms with Gasteiger partial charge in [0.25, 0.3) is 5.91 Å². The SMILES string of the molecule is O=C(N[C@H]1CCc2ccccc21)c1cccc(S(=O)(=O)N2CCCC2)c1. The van der Waals surface area contributed by atoms with Gasteiger partial charge in [0, 0.05) is 18.7 Å². The minimum atomic E-state index is -3.52. The van der Waals surface area contributed by atoms with Crippen LogP contribution in [0, 0.1) is 0 Å². The van der Waals surface area contributed by atoms with E-state index in [2.05, 4.69) is 11.4 Å². The quantitative estimate of drug-likeness (QED) is 0.900. The fraction of sp³-hybridized carbons (Fsp3) is 0.350. The lowest BCUT2D eigenvalue weighted by Crippen LogP contribution is -2.29. The monoisotopic (exact) mass is 370 g/mol. The summed E-state index contributed by atoms with van der Waals surface area (Å²) < 4.78 is 26.9. The number of fused-ring (bicyclic) bond motifs is 1. The van der Waals surface area contributed by atoms with Crippen LogP contribution in [0.1, 0.15) is 46.8 Å². The number of amides is 1. The summed E-state index contributed by atoms with van der Waals surface area (Å²) >= 11 is 0. The number of carbonyl (C=O) groups excluding carboxylic acids is 1. The third kappa shape index (κ3) is 3.15. The Balaban J connectivity index is 1.54. The highest BCUT2D eigenvalue weighted by atomic mass is 32.2. The van der Waals surface area contributed by atoms with Crippen molar-refractivity contribution in [3.63, 3.8) is 0 Å². The summed E-state index contributed by atoms with van der Waals surface area (Å²) in [6.45, 7) is 1.11. The van der Waals surface area contributed by atoms with Crippen molar-refractivity contribution < 1.29 is 13.2 Å². The normalized spacial score (nSPS) is 20.1. The molecule has 1 atom stereocenters. The molecule has 1 N–H and O–H groups in total. The third-order valence-corrected chi connectivity index (χ3v) is 7.13. The number of benzene rings is 2. The van der Waals surface area contributed by atoms with E-state index in [1.165, 1.54) is 15.9 Å². The van der Waals surface area contributed by atoms with E-state index in [9.17, 15) is 13.2 Å². The zero-order valence-electron chi connectivity index (χ0n) is 14.5. The molecule has 4 rings (SSSR count).